The third-order valence-corrected chi connectivity index (χ3v) is 4.12. The molecule has 0 aromatic heterocycles. The summed E-state index contributed by atoms with van der Waals surface area (Å²) in [7, 11) is 0. The fraction of sp³-hybridized carbons (Fsp3) is 0.294. The Bertz CT molecular complexity index is 603. The molecule has 0 aliphatic heterocycles. The Morgan fingerprint density at radius 2 is 2.00 bits per heavy atom. The molecule has 0 saturated heterocycles. The van der Waals surface area contributed by atoms with E-state index in [-0.39, 0.29) is 11.9 Å². The van der Waals surface area contributed by atoms with E-state index in [2.05, 4.69) is 40.9 Å². The van der Waals surface area contributed by atoms with Gasteiger partial charge in [-0.3, -0.25) is 0 Å². The van der Waals surface area contributed by atoms with E-state index in [1.807, 2.05) is 31.2 Å². The molecule has 0 bridgehead atoms. The zero-order valence-electron chi connectivity index (χ0n) is 12.2. The van der Waals surface area contributed by atoms with Crippen molar-refractivity contribution >= 4 is 22.6 Å². The molecule has 0 saturated carbocycles. The summed E-state index contributed by atoms with van der Waals surface area (Å²) in [5, 5.41) is 3.46. The summed E-state index contributed by atoms with van der Waals surface area (Å²) in [6.07, 6.45) is 0. The van der Waals surface area contributed by atoms with Crippen LogP contribution in [0, 0.1) is 9.39 Å². The predicted octanol–water partition coefficient (Wildman–Crippen LogP) is 4.53. The summed E-state index contributed by atoms with van der Waals surface area (Å²) in [6, 6.07) is 13.0. The molecular formula is C17H19FINO. The number of hydrogen-bond acceptors (Lipinski definition) is 2. The molecule has 1 atom stereocenters. The number of hydrogen-bond donors (Lipinski definition) is 1. The van der Waals surface area contributed by atoms with Gasteiger partial charge in [-0.2, -0.15) is 0 Å². The number of nitrogens with one attached hydrogen (secondary N) is 1. The van der Waals surface area contributed by atoms with Crippen LogP contribution in [-0.2, 0) is 0 Å². The lowest BCUT2D eigenvalue weighted by molar-refractivity contribution is 0.339. The first-order valence-corrected chi connectivity index (χ1v) is 8.14. The van der Waals surface area contributed by atoms with Gasteiger partial charge in [0.05, 0.1) is 12.6 Å². The first-order chi connectivity index (χ1) is 10.2. The Morgan fingerprint density at radius 1 is 1.19 bits per heavy atom. The largest absolute Gasteiger partial charge is 0.494 e. The van der Waals surface area contributed by atoms with E-state index in [9.17, 15) is 4.39 Å². The van der Waals surface area contributed by atoms with Gasteiger partial charge >= 0.3 is 0 Å². The summed E-state index contributed by atoms with van der Waals surface area (Å²) < 4.78 is 19.8. The monoisotopic (exact) mass is 399 g/mol. The third-order valence-electron chi connectivity index (χ3n) is 3.18. The maximum Gasteiger partial charge on any atom is 0.124 e. The van der Waals surface area contributed by atoms with Crippen molar-refractivity contribution in [3.63, 3.8) is 0 Å². The average Bonchev–Trinajstić information content (AvgIpc) is 2.46. The Hall–Kier alpha value is -1.14. The summed E-state index contributed by atoms with van der Waals surface area (Å²) >= 11 is 2.18. The van der Waals surface area contributed by atoms with Gasteiger partial charge < -0.3 is 10.1 Å². The van der Waals surface area contributed by atoms with Gasteiger partial charge in [0.15, 0.2) is 0 Å². The van der Waals surface area contributed by atoms with Crippen LogP contribution in [0.25, 0.3) is 0 Å². The first-order valence-electron chi connectivity index (χ1n) is 7.06. The van der Waals surface area contributed by atoms with Gasteiger partial charge in [-0.05, 0) is 71.5 Å². The lowest BCUT2D eigenvalue weighted by atomic mass is 9.98. The molecule has 0 amide bonds. The van der Waals surface area contributed by atoms with Crippen LogP contribution in [0.3, 0.4) is 0 Å². The highest BCUT2D eigenvalue weighted by molar-refractivity contribution is 14.1. The zero-order chi connectivity index (χ0) is 15.2. The molecule has 112 valence electrons. The highest BCUT2D eigenvalue weighted by Gasteiger charge is 2.16. The standard InChI is InChI=1S/C17H19FINO/c1-3-20-17(15-9-8-13(18)11-16(15)19)12-6-5-7-14(10-12)21-4-2/h5-11,17,20H,3-4H2,1-2H3. The Balaban J connectivity index is 2.40. The first kappa shape index (κ1) is 16.2. The molecule has 21 heavy (non-hydrogen) atoms. The quantitative estimate of drug-likeness (QED) is 0.721. The highest BCUT2D eigenvalue weighted by atomic mass is 127. The van der Waals surface area contributed by atoms with E-state index >= 15 is 0 Å². The van der Waals surface area contributed by atoms with Crippen molar-refractivity contribution in [1.29, 1.82) is 0 Å². The zero-order valence-corrected chi connectivity index (χ0v) is 14.4. The minimum absolute atomic E-state index is 0.0305. The molecule has 0 fully saturated rings. The van der Waals surface area contributed by atoms with E-state index < -0.39 is 0 Å². The Morgan fingerprint density at radius 3 is 2.67 bits per heavy atom. The van der Waals surface area contributed by atoms with E-state index in [4.69, 9.17) is 4.74 Å². The molecule has 2 nitrogen and oxygen atoms in total. The minimum Gasteiger partial charge on any atom is -0.494 e. The van der Waals surface area contributed by atoms with Crippen molar-refractivity contribution < 1.29 is 9.13 Å². The van der Waals surface area contributed by atoms with Crippen LogP contribution in [0.4, 0.5) is 4.39 Å². The second-order valence-electron chi connectivity index (χ2n) is 4.66. The molecule has 1 unspecified atom stereocenters. The summed E-state index contributed by atoms with van der Waals surface area (Å²) in [6.45, 7) is 5.51. The summed E-state index contributed by atoms with van der Waals surface area (Å²) in [5.74, 6) is 0.650. The van der Waals surface area contributed by atoms with Crippen LogP contribution in [0.15, 0.2) is 42.5 Å². The van der Waals surface area contributed by atoms with Gasteiger partial charge in [0, 0.05) is 3.57 Å². The van der Waals surface area contributed by atoms with Crippen molar-refractivity contribution in [2.75, 3.05) is 13.2 Å². The molecule has 1 N–H and O–H groups in total. The lowest BCUT2D eigenvalue weighted by Crippen LogP contribution is -2.23. The minimum atomic E-state index is -0.207. The fourth-order valence-corrected chi connectivity index (χ4v) is 3.09. The second kappa shape index (κ2) is 7.75. The topological polar surface area (TPSA) is 21.3 Å². The van der Waals surface area contributed by atoms with Crippen molar-refractivity contribution in [3.8, 4) is 5.75 Å². The van der Waals surface area contributed by atoms with Crippen molar-refractivity contribution in [3.05, 3.63) is 63.0 Å². The SMILES string of the molecule is CCNC(c1cccc(OCC)c1)c1ccc(F)cc1I. The number of rotatable bonds is 6. The maximum absolute atomic E-state index is 13.3. The highest BCUT2D eigenvalue weighted by Crippen LogP contribution is 2.29. The van der Waals surface area contributed by atoms with Crippen molar-refractivity contribution in [2.45, 2.75) is 19.9 Å². The van der Waals surface area contributed by atoms with Crippen LogP contribution in [0.2, 0.25) is 0 Å². The molecule has 0 heterocycles. The van der Waals surface area contributed by atoms with Gasteiger partial charge in [-0.25, -0.2) is 4.39 Å². The van der Waals surface area contributed by atoms with Crippen LogP contribution in [0.5, 0.6) is 5.75 Å². The van der Waals surface area contributed by atoms with E-state index in [0.29, 0.717) is 6.61 Å². The molecule has 0 radical (unpaired) electrons. The number of benzene rings is 2. The Kier molecular flexibility index (Phi) is 5.99. The van der Waals surface area contributed by atoms with Crippen LogP contribution in [-0.4, -0.2) is 13.2 Å². The lowest BCUT2D eigenvalue weighted by Gasteiger charge is -2.21. The van der Waals surface area contributed by atoms with Gasteiger partial charge in [-0.1, -0.05) is 25.1 Å². The maximum atomic E-state index is 13.3. The van der Waals surface area contributed by atoms with Gasteiger partial charge in [-0.15, -0.1) is 0 Å². The molecule has 2 aromatic rings. The van der Waals surface area contributed by atoms with Crippen molar-refractivity contribution in [1.82, 2.24) is 5.32 Å². The van der Waals surface area contributed by atoms with Crippen LogP contribution in [0.1, 0.15) is 31.0 Å². The van der Waals surface area contributed by atoms with Gasteiger partial charge in [0.1, 0.15) is 11.6 Å². The van der Waals surface area contributed by atoms with Crippen LogP contribution < -0.4 is 10.1 Å². The molecule has 0 aliphatic carbocycles. The van der Waals surface area contributed by atoms with Crippen molar-refractivity contribution in [2.24, 2.45) is 0 Å². The molecular weight excluding hydrogens is 380 g/mol. The number of ether oxygens (including phenoxy) is 1. The molecule has 4 heteroatoms. The molecule has 2 aromatic carbocycles. The third kappa shape index (κ3) is 4.17. The van der Waals surface area contributed by atoms with Crippen LogP contribution >= 0.6 is 22.6 Å². The summed E-state index contributed by atoms with van der Waals surface area (Å²) in [4.78, 5) is 0. The molecule has 0 aliphatic rings. The predicted molar refractivity (Wildman–Crippen MR) is 92.2 cm³/mol. The summed E-state index contributed by atoms with van der Waals surface area (Å²) in [5.41, 5.74) is 2.19. The normalized spacial score (nSPS) is 12.2. The molecule has 0 spiro atoms. The van der Waals surface area contributed by atoms with Gasteiger partial charge in [0.2, 0.25) is 0 Å². The average molecular weight is 399 g/mol. The van der Waals surface area contributed by atoms with E-state index in [0.717, 1.165) is 27.0 Å². The van der Waals surface area contributed by atoms with E-state index in [1.54, 1.807) is 6.07 Å². The van der Waals surface area contributed by atoms with Gasteiger partial charge in [0.25, 0.3) is 0 Å². The fourth-order valence-electron chi connectivity index (χ4n) is 2.30. The second-order valence-corrected chi connectivity index (χ2v) is 5.82. The number of halogens is 2. The smallest absolute Gasteiger partial charge is 0.124 e. The Labute approximate surface area is 138 Å². The van der Waals surface area contributed by atoms with E-state index in [1.165, 1.54) is 6.07 Å². The molecule has 2 rings (SSSR count).